The van der Waals surface area contributed by atoms with Gasteiger partial charge in [-0.1, -0.05) is 11.6 Å². The van der Waals surface area contributed by atoms with Crippen LogP contribution in [0.2, 0.25) is 5.02 Å². The molecule has 5 nitrogen and oxygen atoms in total. The summed E-state index contributed by atoms with van der Waals surface area (Å²) in [6.07, 6.45) is 0. The zero-order valence-electron chi connectivity index (χ0n) is 11.1. The number of hydrogen-bond donors (Lipinski definition) is 2. The van der Waals surface area contributed by atoms with Gasteiger partial charge in [0.1, 0.15) is 11.5 Å². The first-order chi connectivity index (χ1) is 9.29. The van der Waals surface area contributed by atoms with Crippen molar-refractivity contribution in [2.45, 2.75) is 25.3 Å². The normalized spacial score (nSPS) is 11.8. The van der Waals surface area contributed by atoms with Crippen LogP contribution in [-0.4, -0.2) is 8.42 Å². The second kappa shape index (κ2) is 5.47. The standard InChI is InChI=1S/C13H15ClN2O3S/c1-8-3-4-11(19-8)7-16-20(17,18)13-6-10(14)5-12(15)9(13)2/h3-6,16H,7,15H2,1-2H3. The number of rotatable bonds is 4. The zero-order chi connectivity index (χ0) is 14.9. The van der Waals surface area contributed by atoms with Gasteiger partial charge in [0.25, 0.3) is 0 Å². The van der Waals surface area contributed by atoms with Crippen molar-refractivity contribution in [2.75, 3.05) is 5.73 Å². The zero-order valence-corrected chi connectivity index (χ0v) is 12.7. The van der Waals surface area contributed by atoms with E-state index in [4.69, 9.17) is 21.8 Å². The first kappa shape index (κ1) is 14.9. The van der Waals surface area contributed by atoms with E-state index in [9.17, 15) is 8.42 Å². The molecule has 1 aromatic carbocycles. The SMILES string of the molecule is Cc1ccc(CNS(=O)(=O)c2cc(Cl)cc(N)c2C)o1. The Morgan fingerprint density at radius 1 is 1.30 bits per heavy atom. The summed E-state index contributed by atoms with van der Waals surface area (Å²) in [5, 5.41) is 0.280. The Kier molecular flexibility index (Phi) is 4.08. The van der Waals surface area contributed by atoms with E-state index in [2.05, 4.69) is 4.72 Å². The van der Waals surface area contributed by atoms with Crippen molar-refractivity contribution in [2.24, 2.45) is 0 Å². The highest BCUT2D eigenvalue weighted by molar-refractivity contribution is 7.89. The van der Waals surface area contributed by atoms with Crippen LogP contribution in [0.3, 0.4) is 0 Å². The van der Waals surface area contributed by atoms with Crippen LogP contribution in [0, 0.1) is 13.8 Å². The Morgan fingerprint density at radius 3 is 2.60 bits per heavy atom. The summed E-state index contributed by atoms with van der Waals surface area (Å²) in [5.41, 5.74) is 6.54. The quantitative estimate of drug-likeness (QED) is 0.849. The van der Waals surface area contributed by atoms with E-state index >= 15 is 0 Å². The molecule has 2 rings (SSSR count). The lowest BCUT2D eigenvalue weighted by Crippen LogP contribution is -2.24. The summed E-state index contributed by atoms with van der Waals surface area (Å²) in [5.74, 6) is 1.26. The average Bonchev–Trinajstić information content (AvgIpc) is 2.77. The highest BCUT2D eigenvalue weighted by atomic mass is 35.5. The number of aryl methyl sites for hydroxylation is 1. The lowest BCUT2D eigenvalue weighted by Gasteiger charge is -2.11. The first-order valence-corrected chi connectivity index (χ1v) is 7.76. The molecule has 0 aliphatic carbocycles. The van der Waals surface area contributed by atoms with Gasteiger partial charge in [-0.15, -0.1) is 0 Å². The van der Waals surface area contributed by atoms with E-state index in [1.165, 1.54) is 12.1 Å². The molecule has 0 saturated carbocycles. The van der Waals surface area contributed by atoms with Gasteiger partial charge >= 0.3 is 0 Å². The van der Waals surface area contributed by atoms with Crippen LogP contribution in [0.5, 0.6) is 0 Å². The molecule has 0 amide bonds. The van der Waals surface area contributed by atoms with Crippen molar-refractivity contribution in [3.8, 4) is 0 Å². The van der Waals surface area contributed by atoms with Gasteiger partial charge in [0.05, 0.1) is 11.4 Å². The summed E-state index contributed by atoms with van der Waals surface area (Å²) in [6, 6.07) is 6.39. The highest BCUT2D eigenvalue weighted by Crippen LogP contribution is 2.26. The minimum Gasteiger partial charge on any atom is -0.465 e. The van der Waals surface area contributed by atoms with Gasteiger partial charge in [-0.2, -0.15) is 0 Å². The molecule has 0 fully saturated rings. The Balaban J connectivity index is 2.27. The number of sulfonamides is 1. The smallest absolute Gasteiger partial charge is 0.241 e. The number of furan rings is 1. The molecule has 0 spiro atoms. The van der Waals surface area contributed by atoms with Crippen LogP contribution in [0.1, 0.15) is 17.1 Å². The molecular weight excluding hydrogens is 300 g/mol. The van der Waals surface area contributed by atoms with Crippen LogP contribution >= 0.6 is 11.6 Å². The first-order valence-electron chi connectivity index (χ1n) is 5.90. The summed E-state index contributed by atoms with van der Waals surface area (Å²) in [4.78, 5) is 0.0748. The fourth-order valence-corrected chi connectivity index (χ4v) is 3.36. The molecule has 1 heterocycles. The molecule has 108 valence electrons. The summed E-state index contributed by atoms with van der Waals surface area (Å²) in [6.45, 7) is 3.50. The maximum Gasteiger partial charge on any atom is 0.241 e. The summed E-state index contributed by atoms with van der Waals surface area (Å²) in [7, 11) is -3.70. The Bertz CT molecular complexity index is 738. The van der Waals surface area contributed by atoms with E-state index in [-0.39, 0.29) is 16.5 Å². The van der Waals surface area contributed by atoms with Crippen LogP contribution in [0.25, 0.3) is 0 Å². The van der Waals surface area contributed by atoms with Gasteiger partial charge in [-0.25, -0.2) is 13.1 Å². The van der Waals surface area contributed by atoms with Crippen LogP contribution in [0.15, 0.2) is 33.6 Å². The van der Waals surface area contributed by atoms with E-state index in [0.717, 1.165) is 5.76 Å². The molecule has 0 bridgehead atoms. The maximum absolute atomic E-state index is 12.3. The monoisotopic (exact) mass is 314 g/mol. The number of benzene rings is 1. The van der Waals surface area contributed by atoms with Crippen LogP contribution in [0.4, 0.5) is 5.69 Å². The predicted octanol–water partition coefficient (Wildman–Crippen LogP) is 2.61. The van der Waals surface area contributed by atoms with Gasteiger partial charge in [-0.3, -0.25) is 0 Å². The number of halogens is 1. The lowest BCUT2D eigenvalue weighted by molar-refractivity contribution is 0.475. The van der Waals surface area contributed by atoms with Gasteiger partial charge in [-0.05, 0) is 43.7 Å². The fraction of sp³-hybridized carbons (Fsp3) is 0.231. The van der Waals surface area contributed by atoms with Gasteiger partial charge in [0.15, 0.2) is 0 Å². The third-order valence-corrected chi connectivity index (χ3v) is 4.63. The Labute approximate surface area is 122 Å². The highest BCUT2D eigenvalue weighted by Gasteiger charge is 2.19. The minimum absolute atomic E-state index is 0.0715. The molecule has 0 aliphatic heterocycles. The number of nitrogens with one attached hydrogen (secondary N) is 1. The third kappa shape index (κ3) is 3.15. The van der Waals surface area contributed by atoms with Crippen LogP contribution < -0.4 is 10.5 Å². The van der Waals surface area contributed by atoms with Gasteiger partial charge in [0, 0.05) is 10.7 Å². The molecule has 0 atom stereocenters. The molecule has 3 N–H and O–H groups in total. The molecule has 0 saturated heterocycles. The molecule has 0 aliphatic rings. The number of anilines is 1. The van der Waals surface area contributed by atoms with Crippen molar-refractivity contribution < 1.29 is 12.8 Å². The molecule has 2 aromatic rings. The van der Waals surface area contributed by atoms with E-state index in [1.54, 1.807) is 26.0 Å². The van der Waals surface area contributed by atoms with Gasteiger partial charge in [0.2, 0.25) is 10.0 Å². The van der Waals surface area contributed by atoms with Crippen LogP contribution in [-0.2, 0) is 16.6 Å². The molecule has 1 aromatic heterocycles. The fourth-order valence-electron chi connectivity index (χ4n) is 1.78. The van der Waals surface area contributed by atoms with Crippen molar-refractivity contribution in [1.82, 2.24) is 4.72 Å². The largest absolute Gasteiger partial charge is 0.465 e. The second-order valence-electron chi connectivity index (χ2n) is 4.46. The minimum atomic E-state index is -3.70. The number of nitrogens with two attached hydrogens (primary N) is 1. The van der Waals surface area contributed by atoms with Crippen molar-refractivity contribution in [1.29, 1.82) is 0 Å². The van der Waals surface area contributed by atoms with E-state index < -0.39 is 10.0 Å². The molecule has 7 heteroatoms. The lowest BCUT2D eigenvalue weighted by atomic mass is 10.2. The van der Waals surface area contributed by atoms with E-state index in [0.29, 0.717) is 17.0 Å². The summed E-state index contributed by atoms with van der Waals surface area (Å²) < 4.78 is 32.3. The molecular formula is C13H15ClN2O3S. The average molecular weight is 315 g/mol. The van der Waals surface area contributed by atoms with E-state index in [1.807, 2.05) is 0 Å². The van der Waals surface area contributed by atoms with Crippen molar-refractivity contribution in [3.63, 3.8) is 0 Å². The number of hydrogen-bond acceptors (Lipinski definition) is 4. The van der Waals surface area contributed by atoms with Gasteiger partial charge < -0.3 is 10.2 Å². The maximum atomic E-state index is 12.3. The Hall–Kier alpha value is -1.50. The predicted molar refractivity (Wildman–Crippen MR) is 78.1 cm³/mol. The summed E-state index contributed by atoms with van der Waals surface area (Å²) >= 11 is 5.86. The molecule has 0 unspecified atom stereocenters. The van der Waals surface area contributed by atoms with Crippen molar-refractivity contribution >= 4 is 27.3 Å². The number of nitrogen functional groups attached to an aromatic ring is 1. The third-order valence-electron chi connectivity index (χ3n) is 2.89. The second-order valence-corrected chi connectivity index (χ2v) is 6.63. The molecule has 0 radical (unpaired) electrons. The topological polar surface area (TPSA) is 85.3 Å². The molecule has 20 heavy (non-hydrogen) atoms. The van der Waals surface area contributed by atoms with Crippen molar-refractivity contribution in [3.05, 3.63) is 46.4 Å². The Morgan fingerprint density at radius 2 is 2.00 bits per heavy atom.